The fraction of sp³-hybridized carbons (Fsp3) is 0.200. The van der Waals surface area contributed by atoms with Gasteiger partial charge in [0.2, 0.25) is 5.91 Å². The zero-order valence-electron chi connectivity index (χ0n) is 15.9. The van der Waals surface area contributed by atoms with Crippen molar-refractivity contribution in [3.05, 3.63) is 58.3 Å². The van der Waals surface area contributed by atoms with Crippen LogP contribution in [-0.2, 0) is 4.79 Å². The molecule has 0 aliphatic rings. The zero-order valence-corrected chi connectivity index (χ0v) is 16.7. The molecule has 1 aromatic carbocycles. The van der Waals surface area contributed by atoms with Crippen LogP contribution in [0.15, 0.2) is 47.2 Å². The molecule has 3 heterocycles. The van der Waals surface area contributed by atoms with Gasteiger partial charge in [0.25, 0.3) is 0 Å². The predicted molar refractivity (Wildman–Crippen MR) is 112 cm³/mol. The van der Waals surface area contributed by atoms with Crippen molar-refractivity contribution in [2.45, 2.75) is 13.8 Å². The molecule has 0 saturated carbocycles. The van der Waals surface area contributed by atoms with Crippen molar-refractivity contribution in [3.8, 4) is 11.4 Å². The van der Waals surface area contributed by atoms with Crippen LogP contribution in [0.3, 0.4) is 0 Å². The number of hydrogen-bond donors (Lipinski definition) is 1. The number of likely N-dealkylation sites (N-methyl/N-ethyl adjacent to an activating group) is 1. The van der Waals surface area contributed by atoms with E-state index >= 15 is 0 Å². The van der Waals surface area contributed by atoms with Crippen molar-refractivity contribution in [1.82, 2.24) is 19.8 Å². The van der Waals surface area contributed by atoms with Crippen LogP contribution in [0, 0.1) is 13.8 Å². The summed E-state index contributed by atoms with van der Waals surface area (Å²) < 4.78 is 1.70. The van der Waals surface area contributed by atoms with Crippen LogP contribution >= 0.6 is 11.3 Å². The molecule has 4 aromatic rings. The Hall–Kier alpha value is -3.26. The standard InChI is InChI=1S/C20H20N6OS/c1-13-5-4-6-16(14(13)2)21-19(27)11-25(3)18-8-7-17-22-23-20(26(17)24-18)15-9-10-28-12-15/h4-10,12H,11H2,1-3H3,(H,21,27). The van der Waals surface area contributed by atoms with E-state index in [9.17, 15) is 4.79 Å². The Morgan fingerprint density at radius 3 is 2.82 bits per heavy atom. The minimum Gasteiger partial charge on any atom is -0.349 e. The van der Waals surface area contributed by atoms with Gasteiger partial charge >= 0.3 is 0 Å². The Morgan fingerprint density at radius 1 is 1.18 bits per heavy atom. The van der Waals surface area contributed by atoms with E-state index in [0.29, 0.717) is 17.3 Å². The van der Waals surface area contributed by atoms with E-state index in [1.807, 2.05) is 68.1 Å². The van der Waals surface area contributed by atoms with Crippen LogP contribution in [0.5, 0.6) is 0 Å². The number of aryl methyl sites for hydroxylation is 1. The lowest BCUT2D eigenvalue weighted by Crippen LogP contribution is -2.31. The lowest BCUT2D eigenvalue weighted by atomic mass is 10.1. The van der Waals surface area contributed by atoms with E-state index in [1.54, 1.807) is 20.8 Å². The van der Waals surface area contributed by atoms with Gasteiger partial charge in [0.05, 0.1) is 6.54 Å². The number of fused-ring (bicyclic) bond motifs is 1. The Balaban J connectivity index is 1.53. The van der Waals surface area contributed by atoms with Crippen molar-refractivity contribution >= 4 is 34.4 Å². The smallest absolute Gasteiger partial charge is 0.243 e. The van der Waals surface area contributed by atoms with Gasteiger partial charge in [-0.05, 0) is 54.6 Å². The number of nitrogens with one attached hydrogen (secondary N) is 1. The first kappa shape index (κ1) is 18.1. The Morgan fingerprint density at radius 2 is 2.04 bits per heavy atom. The third-order valence-corrected chi connectivity index (χ3v) is 5.36. The van der Waals surface area contributed by atoms with Gasteiger partial charge in [0, 0.05) is 23.7 Å². The molecule has 3 aromatic heterocycles. The second-order valence-electron chi connectivity index (χ2n) is 6.65. The first-order chi connectivity index (χ1) is 13.5. The lowest BCUT2D eigenvalue weighted by Gasteiger charge is -2.18. The van der Waals surface area contributed by atoms with Crippen LogP contribution in [0.2, 0.25) is 0 Å². The van der Waals surface area contributed by atoms with Gasteiger partial charge in [-0.1, -0.05) is 12.1 Å². The maximum atomic E-state index is 12.5. The Kier molecular flexibility index (Phi) is 4.79. The SMILES string of the molecule is Cc1cccc(NC(=O)CN(C)c2ccc3nnc(-c4ccsc4)n3n2)c1C. The van der Waals surface area contributed by atoms with Gasteiger partial charge < -0.3 is 10.2 Å². The molecule has 0 fully saturated rings. The number of nitrogens with zero attached hydrogens (tertiary/aromatic N) is 5. The quantitative estimate of drug-likeness (QED) is 0.562. The first-order valence-corrected chi connectivity index (χ1v) is 9.79. The number of anilines is 2. The molecule has 0 aliphatic carbocycles. The first-order valence-electron chi connectivity index (χ1n) is 8.85. The Labute approximate surface area is 166 Å². The molecule has 28 heavy (non-hydrogen) atoms. The molecular formula is C20H20N6OS. The summed E-state index contributed by atoms with van der Waals surface area (Å²) in [5.41, 5.74) is 4.69. The molecule has 0 spiro atoms. The van der Waals surface area contributed by atoms with Crippen molar-refractivity contribution < 1.29 is 4.79 Å². The van der Waals surface area contributed by atoms with E-state index < -0.39 is 0 Å². The summed E-state index contributed by atoms with van der Waals surface area (Å²) >= 11 is 1.60. The minimum absolute atomic E-state index is 0.0973. The van der Waals surface area contributed by atoms with Gasteiger partial charge in [-0.15, -0.1) is 15.3 Å². The molecule has 1 N–H and O–H groups in total. The van der Waals surface area contributed by atoms with Crippen molar-refractivity contribution in [1.29, 1.82) is 0 Å². The molecule has 0 saturated heterocycles. The molecule has 0 radical (unpaired) electrons. The number of amides is 1. The number of hydrogen-bond acceptors (Lipinski definition) is 6. The second kappa shape index (κ2) is 7.40. The fourth-order valence-electron chi connectivity index (χ4n) is 2.93. The van der Waals surface area contributed by atoms with E-state index in [0.717, 1.165) is 22.4 Å². The number of carbonyl (C=O) groups excluding carboxylic acids is 1. The van der Waals surface area contributed by atoms with E-state index in [4.69, 9.17) is 0 Å². The van der Waals surface area contributed by atoms with Crippen LogP contribution in [0.25, 0.3) is 17.0 Å². The van der Waals surface area contributed by atoms with Gasteiger partial charge in [-0.25, -0.2) is 0 Å². The third kappa shape index (κ3) is 3.46. The molecule has 0 aliphatic heterocycles. The van der Waals surface area contributed by atoms with Crippen LogP contribution in [0.4, 0.5) is 11.5 Å². The number of carbonyl (C=O) groups is 1. The molecule has 7 nitrogen and oxygen atoms in total. The predicted octanol–water partition coefficient (Wildman–Crippen LogP) is 3.54. The summed E-state index contributed by atoms with van der Waals surface area (Å²) in [6, 6.07) is 11.6. The maximum Gasteiger partial charge on any atom is 0.243 e. The summed E-state index contributed by atoms with van der Waals surface area (Å²) in [6.07, 6.45) is 0. The van der Waals surface area contributed by atoms with Crippen molar-refractivity contribution in [3.63, 3.8) is 0 Å². The largest absolute Gasteiger partial charge is 0.349 e. The summed E-state index contributed by atoms with van der Waals surface area (Å²) in [6.45, 7) is 4.21. The van der Waals surface area contributed by atoms with E-state index in [1.165, 1.54) is 0 Å². The molecule has 0 atom stereocenters. The molecule has 142 valence electrons. The van der Waals surface area contributed by atoms with Crippen molar-refractivity contribution in [2.24, 2.45) is 0 Å². The monoisotopic (exact) mass is 392 g/mol. The van der Waals surface area contributed by atoms with Crippen LogP contribution in [-0.4, -0.2) is 39.3 Å². The highest BCUT2D eigenvalue weighted by molar-refractivity contribution is 7.08. The highest BCUT2D eigenvalue weighted by Crippen LogP contribution is 2.22. The van der Waals surface area contributed by atoms with Gasteiger partial charge in [0.15, 0.2) is 11.5 Å². The molecule has 1 amide bonds. The topological polar surface area (TPSA) is 75.4 Å². The minimum atomic E-state index is -0.0973. The summed E-state index contributed by atoms with van der Waals surface area (Å²) in [5, 5.41) is 20.0. The average molecular weight is 392 g/mol. The molecule has 8 heteroatoms. The van der Waals surface area contributed by atoms with Gasteiger partial charge in [-0.3, -0.25) is 4.79 Å². The summed E-state index contributed by atoms with van der Waals surface area (Å²) in [5.74, 6) is 1.26. The molecular weight excluding hydrogens is 372 g/mol. The number of aromatic nitrogens is 4. The highest BCUT2D eigenvalue weighted by Gasteiger charge is 2.14. The summed E-state index contributed by atoms with van der Waals surface area (Å²) in [7, 11) is 1.84. The lowest BCUT2D eigenvalue weighted by molar-refractivity contribution is -0.114. The molecule has 0 unspecified atom stereocenters. The molecule has 4 rings (SSSR count). The average Bonchev–Trinajstić information content (AvgIpc) is 3.34. The molecule has 0 bridgehead atoms. The third-order valence-electron chi connectivity index (χ3n) is 4.68. The number of benzene rings is 1. The highest BCUT2D eigenvalue weighted by atomic mass is 32.1. The number of rotatable bonds is 5. The van der Waals surface area contributed by atoms with Crippen molar-refractivity contribution in [2.75, 3.05) is 23.8 Å². The Bertz CT molecular complexity index is 1140. The van der Waals surface area contributed by atoms with Gasteiger partial charge in [0.1, 0.15) is 5.82 Å². The second-order valence-corrected chi connectivity index (χ2v) is 7.43. The van der Waals surface area contributed by atoms with E-state index in [2.05, 4.69) is 20.6 Å². The summed E-state index contributed by atoms with van der Waals surface area (Å²) in [4.78, 5) is 14.3. The van der Waals surface area contributed by atoms with Crippen LogP contribution < -0.4 is 10.2 Å². The van der Waals surface area contributed by atoms with E-state index in [-0.39, 0.29) is 12.5 Å². The normalized spacial score (nSPS) is 11.0. The number of thiophene rings is 1. The van der Waals surface area contributed by atoms with Gasteiger partial charge in [-0.2, -0.15) is 15.9 Å². The maximum absolute atomic E-state index is 12.5. The van der Waals surface area contributed by atoms with Crippen LogP contribution in [0.1, 0.15) is 11.1 Å². The zero-order chi connectivity index (χ0) is 19.7. The fourth-order valence-corrected chi connectivity index (χ4v) is 3.56.